The smallest absolute Gasteiger partial charge is 0.0847 e. The minimum atomic E-state index is 0. The monoisotopic (exact) mass is 330 g/mol. The fourth-order valence-corrected chi connectivity index (χ4v) is 1.00. The van der Waals surface area contributed by atoms with Crippen molar-refractivity contribution in [3.63, 3.8) is 0 Å². The van der Waals surface area contributed by atoms with Crippen molar-refractivity contribution in [3.8, 4) is 0 Å². The van der Waals surface area contributed by atoms with E-state index < -0.39 is 0 Å². The molecule has 0 saturated heterocycles. The third-order valence-corrected chi connectivity index (χ3v) is 1.85. The Bertz CT molecular complexity index is 69.1. The minimum Gasteiger partial charge on any atom is -0.252 e. The summed E-state index contributed by atoms with van der Waals surface area (Å²) < 4.78 is 0. The molecular weight excluding hydrogens is 312 g/mol. The van der Waals surface area contributed by atoms with Gasteiger partial charge in [-0.3, -0.25) is 5.26 Å². The van der Waals surface area contributed by atoms with Gasteiger partial charge in [-0.1, -0.05) is 33.1 Å². The van der Waals surface area contributed by atoms with Crippen molar-refractivity contribution in [2.45, 2.75) is 39.5 Å². The van der Waals surface area contributed by atoms with E-state index >= 15 is 0 Å². The van der Waals surface area contributed by atoms with Crippen LogP contribution in [0.5, 0.6) is 0 Å². The van der Waals surface area contributed by atoms with Crippen molar-refractivity contribution in [3.05, 3.63) is 0 Å². The molecule has 1 N–H and O–H groups in total. The molecule has 3 heteroatoms. The summed E-state index contributed by atoms with van der Waals surface area (Å²) in [6.45, 7) is 4.79. The summed E-state index contributed by atoms with van der Waals surface area (Å²) in [6, 6.07) is 0. The molecule has 0 aliphatic heterocycles. The van der Waals surface area contributed by atoms with Crippen LogP contribution in [0.2, 0.25) is 0 Å². The van der Waals surface area contributed by atoms with Crippen LogP contribution in [0.4, 0.5) is 0 Å². The number of rotatable bonds is 6. The van der Waals surface area contributed by atoms with Crippen LogP contribution in [0.25, 0.3) is 0 Å². The zero-order valence-corrected chi connectivity index (χ0v) is 10.3. The molecular formula is C8H18O2W. The summed E-state index contributed by atoms with van der Waals surface area (Å²) in [6.07, 6.45) is 4.73. The summed E-state index contributed by atoms with van der Waals surface area (Å²) in [4.78, 5) is 4.09. The third kappa shape index (κ3) is 8.52. The molecule has 0 rings (SSSR count). The Labute approximate surface area is 83.5 Å². The molecule has 0 aliphatic carbocycles. The Kier molecular flexibility index (Phi) is 13.6. The van der Waals surface area contributed by atoms with Gasteiger partial charge in [0.15, 0.2) is 0 Å². The summed E-state index contributed by atoms with van der Waals surface area (Å²) in [5, 5.41) is 8.17. The predicted molar refractivity (Wildman–Crippen MR) is 41.9 cm³/mol. The molecule has 0 spiro atoms. The van der Waals surface area contributed by atoms with E-state index in [0.29, 0.717) is 12.5 Å². The van der Waals surface area contributed by atoms with Gasteiger partial charge in [0, 0.05) is 21.1 Å². The van der Waals surface area contributed by atoms with Gasteiger partial charge in [-0.25, -0.2) is 4.89 Å². The fraction of sp³-hybridized carbons (Fsp3) is 1.00. The van der Waals surface area contributed by atoms with Gasteiger partial charge in [-0.2, -0.15) is 0 Å². The third-order valence-electron chi connectivity index (χ3n) is 1.85. The second-order valence-corrected chi connectivity index (χ2v) is 2.71. The van der Waals surface area contributed by atoms with E-state index in [4.69, 9.17) is 5.26 Å². The predicted octanol–water partition coefficient (Wildman–Crippen LogP) is 2.69. The topological polar surface area (TPSA) is 29.5 Å². The molecule has 0 heterocycles. The maximum Gasteiger partial charge on any atom is 0.0847 e. The Balaban J connectivity index is 0. The van der Waals surface area contributed by atoms with Crippen molar-refractivity contribution in [2.24, 2.45) is 5.92 Å². The number of hydrogen-bond acceptors (Lipinski definition) is 2. The van der Waals surface area contributed by atoms with Crippen molar-refractivity contribution in [1.82, 2.24) is 0 Å². The SMILES string of the molecule is CCCCC(CC)COO.[W]. The molecule has 0 aromatic carbocycles. The van der Waals surface area contributed by atoms with Gasteiger partial charge >= 0.3 is 0 Å². The Morgan fingerprint density at radius 2 is 2.00 bits per heavy atom. The van der Waals surface area contributed by atoms with Crippen LogP contribution in [0.3, 0.4) is 0 Å². The molecule has 0 aliphatic rings. The molecule has 1 atom stereocenters. The van der Waals surface area contributed by atoms with E-state index in [2.05, 4.69) is 18.7 Å². The first-order valence-corrected chi connectivity index (χ1v) is 4.11. The van der Waals surface area contributed by atoms with Crippen LogP contribution >= 0.6 is 0 Å². The van der Waals surface area contributed by atoms with Gasteiger partial charge in [-0.15, -0.1) is 0 Å². The van der Waals surface area contributed by atoms with E-state index in [1.807, 2.05) is 0 Å². The van der Waals surface area contributed by atoms with Gasteiger partial charge in [-0.05, 0) is 12.3 Å². The molecule has 0 bridgehead atoms. The van der Waals surface area contributed by atoms with Crippen LogP contribution in [0.15, 0.2) is 0 Å². The summed E-state index contributed by atoms with van der Waals surface area (Å²) in [5.74, 6) is 0.546. The average Bonchev–Trinajstić information content (AvgIpc) is 1.98. The second kappa shape index (κ2) is 10.6. The van der Waals surface area contributed by atoms with Crippen LogP contribution in [0, 0.1) is 5.92 Å². The Hall–Kier alpha value is 0.608. The first-order chi connectivity index (χ1) is 4.85. The van der Waals surface area contributed by atoms with Crippen LogP contribution in [-0.2, 0) is 26.0 Å². The maximum absolute atomic E-state index is 8.17. The first-order valence-electron chi connectivity index (χ1n) is 4.11. The molecule has 11 heavy (non-hydrogen) atoms. The largest absolute Gasteiger partial charge is 0.252 e. The second-order valence-electron chi connectivity index (χ2n) is 2.71. The standard InChI is InChI=1S/C8H18O2.W/c1-3-5-6-8(4-2)7-10-9;/h8-9H,3-7H2,1-2H3;. The quantitative estimate of drug-likeness (QED) is 0.599. The van der Waals surface area contributed by atoms with Crippen molar-refractivity contribution in [2.75, 3.05) is 6.61 Å². The van der Waals surface area contributed by atoms with Gasteiger partial charge in [0.1, 0.15) is 0 Å². The van der Waals surface area contributed by atoms with E-state index in [1.165, 1.54) is 19.3 Å². The van der Waals surface area contributed by atoms with E-state index in [-0.39, 0.29) is 21.1 Å². The molecule has 0 amide bonds. The number of hydrogen-bond donors (Lipinski definition) is 1. The van der Waals surface area contributed by atoms with Crippen molar-refractivity contribution < 1.29 is 31.2 Å². The minimum absolute atomic E-state index is 0. The molecule has 1 unspecified atom stereocenters. The van der Waals surface area contributed by atoms with Gasteiger partial charge in [0.05, 0.1) is 6.61 Å². The molecule has 0 radical (unpaired) electrons. The zero-order chi connectivity index (χ0) is 7.82. The molecule has 0 aromatic rings. The van der Waals surface area contributed by atoms with Gasteiger partial charge < -0.3 is 0 Å². The van der Waals surface area contributed by atoms with Gasteiger partial charge in [0.2, 0.25) is 0 Å². The van der Waals surface area contributed by atoms with Crippen molar-refractivity contribution >= 4 is 0 Å². The van der Waals surface area contributed by atoms with Crippen molar-refractivity contribution in [1.29, 1.82) is 0 Å². The fourth-order valence-electron chi connectivity index (χ4n) is 1.00. The van der Waals surface area contributed by atoms with Crippen LogP contribution in [0.1, 0.15) is 39.5 Å². The Morgan fingerprint density at radius 1 is 1.36 bits per heavy atom. The van der Waals surface area contributed by atoms with Crippen LogP contribution < -0.4 is 0 Å². The summed E-state index contributed by atoms with van der Waals surface area (Å²) in [5.41, 5.74) is 0. The normalized spacial score (nSPS) is 12.3. The number of unbranched alkanes of at least 4 members (excludes halogenated alkanes) is 1. The molecule has 68 valence electrons. The first kappa shape index (κ1) is 14.2. The van der Waals surface area contributed by atoms with E-state index in [0.717, 1.165) is 6.42 Å². The Morgan fingerprint density at radius 3 is 2.36 bits per heavy atom. The average molecular weight is 330 g/mol. The van der Waals surface area contributed by atoms with Gasteiger partial charge in [0.25, 0.3) is 0 Å². The summed E-state index contributed by atoms with van der Waals surface area (Å²) in [7, 11) is 0. The molecule has 0 aromatic heterocycles. The van der Waals surface area contributed by atoms with E-state index in [1.54, 1.807) is 0 Å². The molecule has 2 nitrogen and oxygen atoms in total. The maximum atomic E-state index is 8.17. The molecule has 0 saturated carbocycles. The van der Waals surface area contributed by atoms with E-state index in [9.17, 15) is 0 Å². The zero-order valence-electron chi connectivity index (χ0n) is 7.38. The van der Waals surface area contributed by atoms with Crippen LogP contribution in [-0.4, -0.2) is 11.9 Å². The summed E-state index contributed by atoms with van der Waals surface area (Å²) >= 11 is 0. The molecule has 0 fully saturated rings.